The predicted octanol–water partition coefficient (Wildman–Crippen LogP) is 1.04. The van der Waals surface area contributed by atoms with Crippen molar-refractivity contribution in [1.82, 2.24) is 14.9 Å². The van der Waals surface area contributed by atoms with Crippen molar-refractivity contribution in [3.05, 3.63) is 18.7 Å². The van der Waals surface area contributed by atoms with Crippen LogP contribution in [0.2, 0.25) is 0 Å². The summed E-state index contributed by atoms with van der Waals surface area (Å²) in [6, 6.07) is 0.455. The number of aromatic nitrogens is 2. The summed E-state index contributed by atoms with van der Waals surface area (Å²) >= 11 is 0. The molecule has 2 unspecified atom stereocenters. The Labute approximate surface area is 90.6 Å². The second-order valence-corrected chi connectivity index (χ2v) is 4.09. The highest BCUT2D eigenvalue weighted by Crippen LogP contribution is 2.15. The molecule has 84 valence electrons. The second-order valence-electron chi connectivity index (χ2n) is 4.09. The van der Waals surface area contributed by atoms with Crippen LogP contribution < -0.4 is 5.32 Å². The van der Waals surface area contributed by atoms with E-state index in [0.717, 1.165) is 19.7 Å². The van der Waals surface area contributed by atoms with E-state index in [9.17, 15) is 0 Å². The van der Waals surface area contributed by atoms with Crippen LogP contribution in [0.4, 0.5) is 0 Å². The Bertz CT molecular complexity index is 267. The molecule has 4 nitrogen and oxygen atoms in total. The number of nitrogens with one attached hydrogen (secondary N) is 1. The summed E-state index contributed by atoms with van der Waals surface area (Å²) in [6.07, 6.45) is 8.45. The topological polar surface area (TPSA) is 39.1 Å². The van der Waals surface area contributed by atoms with Gasteiger partial charge in [0.05, 0.1) is 12.4 Å². The van der Waals surface area contributed by atoms with E-state index in [2.05, 4.69) is 21.8 Å². The summed E-state index contributed by atoms with van der Waals surface area (Å²) in [4.78, 5) is 4.01. The molecule has 2 atom stereocenters. The Morgan fingerprint density at radius 2 is 2.60 bits per heavy atom. The Morgan fingerprint density at radius 3 is 3.27 bits per heavy atom. The third-order valence-electron chi connectivity index (χ3n) is 2.92. The smallest absolute Gasteiger partial charge is 0.0946 e. The van der Waals surface area contributed by atoms with Crippen LogP contribution in [0.25, 0.3) is 0 Å². The molecule has 1 N–H and O–H groups in total. The van der Waals surface area contributed by atoms with Gasteiger partial charge in [0.2, 0.25) is 0 Å². The molecule has 4 heteroatoms. The minimum absolute atomic E-state index is 0.410. The first-order valence-electron chi connectivity index (χ1n) is 5.67. The molecule has 0 amide bonds. The monoisotopic (exact) mass is 209 g/mol. The van der Waals surface area contributed by atoms with Gasteiger partial charge in [-0.05, 0) is 19.8 Å². The molecule has 2 heterocycles. The van der Waals surface area contributed by atoms with Crippen molar-refractivity contribution >= 4 is 0 Å². The fourth-order valence-corrected chi connectivity index (χ4v) is 1.97. The molecule has 0 saturated carbocycles. The molecule has 0 aromatic carbocycles. The first kappa shape index (κ1) is 10.6. The largest absolute Gasteiger partial charge is 0.377 e. The van der Waals surface area contributed by atoms with E-state index < -0.39 is 0 Å². The van der Waals surface area contributed by atoms with E-state index >= 15 is 0 Å². The minimum atomic E-state index is 0.410. The number of ether oxygens (including phenoxy) is 1. The van der Waals surface area contributed by atoms with Gasteiger partial charge in [-0.3, -0.25) is 0 Å². The maximum Gasteiger partial charge on any atom is 0.0946 e. The van der Waals surface area contributed by atoms with Crippen molar-refractivity contribution in [2.45, 2.75) is 38.5 Å². The molecule has 15 heavy (non-hydrogen) atoms. The quantitative estimate of drug-likeness (QED) is 0.787. The summed E-state index contributed by atoms with van der Waals surface area (Å²) in [5, 5.41) is 3.49. The van der Waals surface area contributed by atoms with Gasteiger partial charge in [-0.2, -0.15) is 0 Å². The number of hydrogen-bond acceptors (Lipinski definition) is 3. The van der Waals surface area contributed by atoms with E-state index in [4.69, 9.17) is 4.74 Å². The van der Waals surface area contributed by atoms with Crippen LogP contribution >= 0.6 is 0 Å². The van der Waals surface area contributed by atoms with Crippen LogP contribution in [0.3, 0.4) is 0 Å². The zero-order valence-electron chi connectivity index (χ0n) is 9.22. The van der Waals surface area contributed by atoms with Gasteiger partial charge in [-0.25, -0.2) is 4.98 Å². The fraction of sp³-hybridized carbons (Fsp3) is 0.727. The van der Waals surface area contributed by atoms with Crippen molar-refractivity contribution in [2.75, 3.05) is 13.2 Å². The lowest BCUT2D eigenvalue weighted by Gasteiger charge is -2.20. The van der Waals surface area contributed by atoms with Crippen LogP contribution in [0.1, 0.15) is 19.8 Å². The lowest BCUT2D eigenvalue weighted by molar-refractivity contribution is 0.0835. The van der Waals surface area contributed by atoms with E-state index in [0.29, 0.717) is 12.1 Å². The number of hydrogen-bond donors (Lipinski definition) is 1. The average molecular weight is 209 g/mol. The van der Waals surface area contributed by atoms with Gasteiger partial charge in [0, 0.05) is 38.1 Å². The molecule has 1 aromatic heterocycles. The normalized spacial score (nSPS) is 23.1. The van der Waals surface area contributed by atoms with Crippen LogP contribution in [0.5, 0.6) is 0 Å². The lowest BCUT2D eigenvalue weighted by atomic mass is 10.1. The molecule has 1 aliphatic rings. The predicted molar refractivity (Wildman–Crippen MR) is 58.7 cm³/mol. The number of imidazole rings is 1. The summed E-state index contributed by atoms with van der Waals surface area (Å²) in [7, 11) is 0. The minimum Gasteiger partial charge on any atom is -0.377 e. The Morgan fingerprint density at radius 1 is 1.67 bits per heavy atom. The highest BCUT2D eigenvalue weighted by Gasteiger charge is 2.21. The third-order valence-corrected chi connectivity index (χ3v) is 2.92. The summed E-state index contributed by atoms with van der Waals surface area (Å²) in [6.45, 7) is 5.07. The van der Waals surface area contributed by atoms with Gasteiger partial charge < -0.3 is 14.6 Å². The molecule has 2 rings (SSSR count). The first-order chi connectivity index (χ1) is 7.36. The van der Waals surface area contributed by atoms with Gasteiger partial charge >= 0.3 is 0 Å². The molecule has 0 bridgehead atoms. The molecular formula is C11H19N3O. The van der Waals surface area contributed by atoms with E-state index in [1.54, 1.807) is 0 Å². The lowest BCUT2D eigenvalue weighted by Crippen LogP contribution is -2.38. The highest BCUT2D eigenvalue weighted by molar-refractivity contribution is 4.78. The zero-order valence-corrected chi connectivity index (χ0v) is 9.22. The fourth-order valence-electron chi connectivity index (χ4n) is 1.97. The van der Waals surface area contributed by atoms with Gasteiger partial charge in [-0.15, -0.1) is 0 Å². The molecule has 0 aliphatic carbocycles. The van der Waals surface area contributed by atoms with Crippen LogP contribution in [0, 0.1) is 0 Å². The first-order valence-corrected chi connectivity index (χ1v) is 5.67. The second kappa shape index (κ2) is 5.28. The van der Waals surface area contributed by atoms with Gasteiger partial charge in [0.1, 0.15) is 0 Å². The van der Waals surface area contributed by atoms with Gasteiger partial charge in [-0.1, -0.05) is 0 Å². The molecule has 1 aromatic rings. The molecule has 1 aliphatic heterocycles. The molecule has 1 fully saturated rings. The number of nitrogens with zero attached hydrogens (tertiary/aromatic N) is 2. The van der Waals surface area contributed by atoms with Crippen molar-refractivity contribution < 1.29 is 4.74 Å². The summed E-state index contributed by atoms with van der Waals surface area (Å²) in [5.74, 6) is 0. The Hall–Kier alpha value is -0.870. The number of rotatable bonds is 5. The van der Waals surface area contributed by atoms with Gasteiger partial charge in [0.25, 0.3) is 0 Å². The van der Waals surface area contributed by atoms with Crippen molar-refractivity contribution in [1.29, 1.82) is 0 Å². The maximum atomic E-state index is 5.62. The van der Waals surface area contributed by atoms with Crippen LogP contribution in [-0.2, 0) is 11.3 Å². The van der Waals surface area contributed by atoms with Crippen molar-refractivity contribution in [3.63, 3.8) is 0 Å². The van der Waals surface area contributed by atoms with Crippen molar-refractivity contribution in [2.24, 2.45) is 0 Å². The maximum absolute atomic E-state index is 5.62. The third kappa shape index (κ3) is 3.04. The molecule has 1 saturated heterocycles. The van der Waals surface area contributed by atoms with E-state index in [-0.39, 0.29) is 0 Å². The Kier molecular flexibility index (Phi) is 3.75. The summed E-state index contributed by atoms with van der Waals surface area (Å²) < 4.78 is 7.70. The highest BCUT2D eigenvalue weighted by atomic mass is 16.5. The molecule has 0 radical (unpaired) electrons. The van der Waals surface area contributed by atoms with Crippen LogP contribution in [-0.4, -0.2) is 34.8 Å². The van der Waals surface area contributed by atoms with E-state index in [1.165, 1.54) is 12.8 Å². The Balaban J connectivity index is 1.64. The summed E-state index contributed by atoms with van der Waals surface area (Å²) in [5.41, 5.74) is 0. The van der Waals surface area contributed by atoms with E-state index in [1.807, 2.05) is 18.7 Å². The van der Waals surface area contributed by atoms with Crippen LogP contribution in [0.15, 0.2) is 18.7 Å². The zero-order chi connectivity index (χ0) is 10.5. The van der Waals surface area contributed by atoms with Gasteiger partial charge in [0.15, 0.2) is 0 Å². The van der Waals surface area contributed by atoms with Crippen molar-refractivity contribution in [3.8, 4) is 0 Å². The average Bonchev–Trinajstić information content (AvgIpc) is 2.90. The SMILES string of the molecule is CC(NCCn1ccnc1)C1CCCO1. The molecular weight excluding hydrogens is 190 g/mol. The standard InChI is InChI=1S/C11H19N3O/c1-10(11-3-2-8-15-11)13-5-7-14-6-4-12-9-14/h4,6,9-11,13H,2-3,5,7-8H2,1H3. The molecule has 0 spiro atoms.